The first kappa shape index (κ1) is 21.8. The summed E-state index contributed by atoms with van der Waals surface area (Å²) in [6.07, 6.45) is 0. The maximum atomic E-state index is 2.76. The van der Waals surface area contributed by atoms with E-state index in [1.807, 2.05) is 0 Å². The van der Waals surface area contributed by atoms with Crippen LogP contribution in [0.1, 0.15) is 58.2 Å². The number of rotatable bonds is 3. The molecule has 0 atom stereocenters. The topological polar surface area (TPSA) is 0 Å². The van der Waals surface area contributed by atoms with Crippen LogP contribution in [0.25, 0.3) is 0 Å². The van der Waals surface area contributed by atoms with Crippen LogP contribution in [-0.2, 0) is 10.8 Å². The summed E-state index contributed by atoms with van der Waals surface area (Å²) in [6, 6.07) is 7.28. The Morgan fingerprint density at radius 3 is 1.54 bits per heavy atom. The first-order valence-corrected chi connectivity index (χ1v) is 19.9. The molecule has 3 heteroatoms. The van der Waals surface area contributed by atoms with E-state index in [2.05, 4.69) is 105 Å². The number of hydrogen-bond acceptors (Lipinski definition) is 0. The largest absolute Gasteiger partial charge is 0.0800 e. The molecule has 0 radical (unpaired) electrons. The highest BCUT2D eigenvalue weighted by Crippen LogP contribution is 2.31. The molecule has 1 aromatic rings. The molecule has 0 aliphatic rings. The molecule has 0 aliphatic heterocycles. The summed E-state index contributed by atoms with van der Waals surface area (Å²) in [5.41, 5.74) is 7.68. The van der Waals surface area contributed by atoms with Gasteiger partial charge in [0.1, 0.15) is 0 Å². The minimum Gasteiger partial charge on any atom is -0.0800 e. The van der Waals surface area contributed by atoms with Crippen LogP contribution in [0.15, 0.2) is 18.2 Å². The van der Waals surface area contributed by atoms with E-state index >= 15 is 0 Å². The highest BCUT2D eigenvalue weighted by atomic mass is 29.6. The van der Waals surface area contributed by atoms with Crippen LogP contribution in [0.3, 0.4) is 0 Å². The zero-order chi connectivity index (χ0) is 19.1. The zero-order valence-electron chi connectivity index (χ0n) is 18.3. The van der Waals surface area contributed by atoms with Crippen molar-refractivity contribution in [2.75, 3.05) is 0 Å². The molecule has 1 rings (SSSR count). The van der Waals surface area contributed by atoms with Crippen molar-refractivity contribution in [2.24, 2.45) is 0 Å². The molecule has 0 amide bonds. The van der Waals surface area contributed by atoms with Crippen LogP contribution in [0.4, 0.5) is 0 Å². The predicted octanol–water partition coefficient (Wildman–Crippen LogP) is 6.34. The molecule has 0 spiro atoms. The van der Waals surface area contributed by atoms with Crippen LogP contribution in [0, 0.1) is 0 Å². The van der Waals surface area contributed by atoms with Crippen LogP contribution in [0.2, 0.25) is 39.3 Å². The Morgan fingerprint density at radius 1 is 0.750 bits per heavy atom. The van der Waals surface area contributed by atoms with Gasteiger partial charge in [-0.25, -0.2) is 0 Å². The van der Waals surface area contributed by atoms with Gasteiger partial charge in [-0.1, -0.05) is 105 Å². The Balaban J connectivity index is 3.67. The van der Waals surface area contributed by atoms with Crippen molar-refractivity contribution in [3.63, 3.8) is 0 Å². The fourth-order valence-corrected chi connectivity index (χ4v) is 37.7. The quantitative estimate of drug-likeness (QED) is 0.540. The van der Waals surface area contributed by atoms with Gasteiger partial charge in [0, 0.05) is 0 Å². The predicted molar refractivity (Wildman–Crippen MR) is 121 cm³/mol. The fraction of sp³-hybridized carbons (Fsp3) is 0.667. The van der Waals surface area contributed by atoms with Crippen LogP contribution in [0.5, 0.6) is 0 Å². The smallest absolute Gasteiger partial charge is 0.0521 e. The van der Waals surface area contributed by atoms with Crippen molar-refractivity contribution in [3.05, 3.63) is 34.9 Å². The average molecular weight is 377 g/mol. The molecule has 0 aromatic heterocycles. The molecule has 0 aliphatic carbocycles. The molecule has 0 nitrogen and oxygen atoms in total. The van der Waals surface area contributed by atoms with E-state index in [0.717, 1.165) is 0 Å². The molecule has 0 bridgehead atoms. The maximum Gasteiger partial charge on any atom is 0.0521 e. The molecule has 0 saturated heterocycles. The van der Waals surface area contributed by atoms with E-state index in [1.54, 1.807) is 0 Å². The summed E-state index contributed by atoms with van der Waals surface area (Å²) >= 11 is 0. The van der Waals surface area contributed by atoms with Gasteiger partial charge in [-0.05, 0) is 35.0 Å². The van der Waals surface area contributed by atoms with E-state index in [1.165, 1.54) is 16.7 Å². The van der Waals surface area contributed by atoms with E-state index in [-0.39, 0.29) is 10.8 Å². The van der Waals surface area contributed by atoms with E-state index in [9.17, 15) is 0 Å². The monoisotopic (exact) mass is 376 g/mol. The normalized spacial score (nSPS) is 13.8. The van der Waals surface area contributed by atoms with E-state index in [4.69, 9.17) is 0 Å². The highest BCUT2D eigenvalue weighted by Gasteiger charge is 2.32. The first-order chi connectivity index (χ1) is 10.4. The summed E-state index contributed by atoms with van der Waals surface area (Å²) < 4.78 is 0. The summed E-state index contributed by atoms with van der Waals surface area (Å²) in [6.45, 7) is 29.5. The van der Waals surface area contributed by atoms with Gasteiger partial charge in [-0.15, -0.1) is 0 Å². The van der Waals surface area contributed by atoms with Crippen molar-refractivity contribution >= 4 is 28.3 Å². The van der Waals surface area contributed by atoms with Crippen LogP contribution in [-0.4, -0.2) is 28.3 Å². The summed E-state index contributed by atoms with van der Waals surface area (Å²) in [4.78, 5) is 0. The van der Waals surface area contributed by atoms with Crippen molar-refractivity contribution in [1.82, 2.24) is 0 Å². The first-order valence-electron chi connectivity index (χ1n) is 9.32. The third kappa shape index (κ3) is 5.63. The number of benzene rings is 1. The molecule has 0 unspecified atom stereocenters. The summed E-state index contributed by atoms with van der Waals surface area (Å²) in [7, 11) is -2.66. The SMILES string of the molecule is CC(C)(C)c1ccc(C=[Si]([Si](C)(C)C)[Si](C)(C)C)c(C(C)(C)C)c1. The Hall–Kier alpha value is -0.259. The van der Waals surface area contributed by atoms with Gasteiger partial charge in [-0.2, -0.15) is 0 Å². The lowest BCUT2D eigenvalue weighted by Crippen LogP contribution is -2.54. The third-order valence-corrected chi connectivity index (χ3v) is 32.5. The van der Waals surface area contributed by atoms with E-state index in [0.29, 0.717) is 0 Å². The average Bonchev–Trinajstić information content (AvgIpc) is 2.30. The summed E-state index contributed by atoms with van der Waals surface area (Å²) in [5.74, 6) is 0. The maximum absolute atomic E-state index is 2.76. The van der Waals surface area contributed by atoms with Crippen molar-refractivity contribution in [3.8, 4) is 0 Å². The van der Waals surface area contributed by atoms with Gasteiger partial charge in [0.05, 0.1) is 15.2 Å². The molecular formula is C21H40Si3. The Labute approximate surface area is 154 Å². The van der Waals surface area contributed by atoms with Gasteiger partial charge >= 0.3 is 0 Å². The minimum atomic E-state index is -1.13. The second-order valence-corrected chi connectivity index (χ2v) is 35.2. The lowest BCUT2D eigenvalue weighted by atomic mass is 9.79. The molecular weight excluding hydrogens is 336 g/mol. The molecule has 136 valence electrons. The van der Waals surface area contributed by atoms with E-state index < -0.39 is 22.6 Å². The standard InChI is InChI=1S/C21H40Si3/c1-20(2,3)18-14-13-17(19(15-18)21(4,5)6)16-22(23(7,8)9)24(10,11)12/h13-16H,1-12H3. The highest BCUT2D eigenvalue weighted by molar-refractivity contribution is 7.60. The van der Waals surface area contributed by atoms with Crippen LogP contribution >= 0.6 is 0 Å². The van der Waals surface area contributed by atoms with Crippen molar-refractivity contribution < 1.29 is 0 Å². The Bertz CT molecular complexity index is 596. The second kappa shape index (κ2) is 6.81. The third-order valence-electron chi connectivity index (χ3n) is 4.64. The second-order valence-electron chi connectivity index (χ2n) is 11.4. The minimum absolute atomic E-state index is 0.193. The van der Waals surface area contributed by atoms with Gasteiger partial charge in [0.2, 0.25) is 0 Å². The molecule has 1 aromatic carbocycles. The Morgan fingerprint density at radius 2 is 1.21 bits per heavy atom. The Kier molecular flexibility index (Phi) is 6.18. The fourth-order valence-electron chi connectivity index (χ4n) is 3.51. The molecule has 0 heterocycles. The summed E-state index contributed by atoms with van der Waals surface area (Å²) in [5, 5.41) is 0. The molecule has 0 fully saturated rings. The van der Waals surface area contributed by atoms with Crippen molar-refractivity contribution in [1.29, 1.82) is 0 Å². The zero-order valence-corrected chi connectivity index (χ0v) is 21.3. The van der Waals surface area contributed by atoms with Gasteiger partial charge in [-0.3, -0.25) is 0 Å². The molecule has 24 heavy (non-hydrogen) atoms. The molecule has 0 saturated carbocycles. The van der Waals surface area contributed by atoms with Gasteiger partial charge in [0.15, 0.2) is 0 Å². The van der Waals surface area contributed by atoms with Crippen molar-refractivity contribution in [2.45, 2.75) is 91.7 Å². The van der Waals surface area contributed by atoms with Gasteiger partial charge in [0.25, 0.3) is 0 Å². The van der Waals surface area contributed by atoms with Crippen LogP contribution < -0.4 is 0 Å². The number of hydrogen-bond donors (Lipinski definition) is 0. The van der Waals surface area contributed by atoms with Gasteiger partial charge < -0.3 is 0 Å². The lowest BCUT2D eigenvalue weighted by Gasteiger charge is -2.32. The molecule has 0 N–H and O–H groups in total. The lowest BCUT2D eigenvalue weighted by molar-refractivity contribution is 0.568.